The molecule has 2 aliphatic heterocycles. The lowest BCUT2D eigenvalue weighted by Gasteiger charge is -2.45. The molecule has 49 heavy (non-hydrogen) atoms. The van der Waals surface area contributed by atoms with Crippen molar-refractivity contribution in [2.45, 2.75) is 44.9 Å². The van der Waals surface area contributed by atoms with Crippen LogP contribution in [-0.4, -0.2) is 11.3 Å². The average molecular weight is 651 g/mol. The molecule has 4 heteroatoms. The van der Waals surface area contributed by atoms with Gasteiger partial charge in [-0.1, -0.05) is 110 Å². The highest BCUT2D eigenvalue weighted by Crippen LogP contribution is 2.43. The van der Waals surface area contributed by atoms with E-state index >= 15 is 0 Å². The predicted molar refractivity (Wildman–Crippen MR) is 208 cm³/mol. The van der Waals surface area contributed by atoms with Crippen LogP contribution in [0.3, 0.4) is 0 Å². The lowest BCUT2D eigenvalue weighted by Crippen LogP contribution is -2.64. The molecule has 1 aliphatic carbocycles. The Kier molecular flexibility index (Phi) is 6.36. The molecule has 0 unspecified atom stereocenters. The van der Waals surface area contributed by atoms with Crippen LogP contribution < -0.4 is 21.3 Å². The monoisotopic (exact) mass is 650 g/mol. The summed E-state index contributed by atoms with van der Waals surface area (Å²) in [4.78, 5) is 2.48. The average Bonchev–Trinajstić information content (AvgIpc) is 3.48. The maximum atomic E-state index is 6.66. The van der Waals surface area contributed by atoms with Gasteiger partial charge < -0.3 is 9.47 Å². The van der Waals surface area contributed by atoms with E-state index < -0.39 is 0 Å². The second-order valence-electron chi connectivity index (χ2n) is 14.5. The Labute approximate surface area is 293 Å². The normalized spacial score (nSPS) is 15.4. The molecule has 0 atom stereocenters. The summed E-state index contributed by atoms with van der Waals surface area (Å²) in [6, 6.07) is 49.5. The summed E-state index contributed by atoms with van der Waals surface area (Å²) < 4.78 is 2.51. The second kappa shape index (κ2) is 10.8. The second-order valence-corrected chi connectivity index (χ2v) is 14.9. The molecule has 0 N–H and O–H groups in total. The highest BCUT2D eigenvalue weighted by Gasteiger charge is 2.45. The van der Waals surface area contributed by atoms with Crippen molar-refractivity contribution >= 4 is 62.7 Å². The summed E-state index contributed by atoms with van der Waals surface area (Å²) in [6.07, 6.45) is 4.86. The van der Waals surface area contributed by atoms with E-state index in [9.17, 15) is 0 Å². The molecule has 236 valence electrons. The first-order valence-electron chi connectivity index (χ1n) is 17.6. The zero-order valence-electron chi connectivity index (χ0n) is 27.9. The predicted octanol–water partition coefficient (Wildman–Crippen LogP) is 9.77. The molecule has 0 saturated carbocycles. The summed E-state index contributed by atoms with van der Waals surface area (Å²) in [7, 11) is 0. The van der Waals surface area contributed by atoms with E-state index in [0.717, 1.165) is 11.4 Å². The molecule has 0 bridgehead atoms. The minimum atomic E-state index is -0.173. The van der Waals surface area contributed by atoms with Gasteiger partial charge in [-0.05, 0) is 119 Å². The summed E-state index contributed by atoms with van der Waals surface area (Å²) in [5.74, 6) is 0. The zero-order valence-corrected chi connectivity index (χ0v) is 28.6. The van der Waals surface area contributed by atoms with Gasteiger partial charge in [0.05, 0.1) is 5.52 Å². The van der Waals surface area contributed by atoms with Gasteiger partial charge >= 0.3 is 0 Å². The molecule has 0 radical (unpaired) electrons. The maximum absolute atomic E-state index is 6.66. The van der Waals surface area contributed by atoms with Crippen molar-refractivity contribution in [3.8, 4) is 16.8 Å². The number of para-hydroxylation sites is 2. The van der Waals surface area contributed by atoms with Crippen LogP contribution in [0.15, 0.2) is 133 Å². The Morgan fingerprint density at radius 1 is 0.612 bits per heavy atom. The molecule has 2 nitrogen and oxygen atoms in total. The quantitative estimate of drug-likeness (QED) is 0.173. The molecule has 10 rings (SSSR count). The molecule has 3 heterocycles. The van der Waals surface area contributed by atoms with Gasteiger partial charge in [0, 0.05) is 44.3 Å². The molecule has 1 aromatic heterocycles. The standard InChI is InChI=1S/C45H36BClN2/c1-45(2)36-15-10-18-42-44(36)46(38-26-22-31(47)28-37(38)45)39-25-21-30(27-43(39)49(42)32-11-4-3-5-12-32)29-19-23-33(24-20-29)48-40-16-8-6-13-34(40)35-14-7-9-17-41(35)48/h3-6,8,10-13,15-16,18-28H,7,9,14,17H2,1-2H3. The number of halogens is 1. The number of fused-ring (bicyclic) bond motifs is 7. The van der Waals surface area contributed by atoms with Gasteiger partial charge in [-0.2, -0.15) is 0 Å². The number of hydrogen-bond acceptors (Lipinski definition) is 1. The number of rotatable bonds is 3. The van der Waals surface area contributed by atoms with E-state index in [-0.39, 0.29) is 12.1 Å². The van der Waals surface area contributed by atoms with E-state index in [1.54, 1.807) is 5.56 Å². The number of nitrogens with zero attached hydrogens (tertiary/aromatic N) is 2. The maximum Gasteiger partial charge on any atom is 0.247 e. The molecular weight excluding hydrogens is 615 g/mol. The number of aryl methyl sites for hydroxylation is 1. The Balaban J connectivity index is 1.14. The van der Waals surface area contributed by atoms with E-state index in [1.165, 1.54) is 97.3 Å². The Hall–Kier alpha value is -4.99. The van der Waals surface area contributed by atoms with Crippen molar-refractivity contribution in [1.29, 1.82) is 0 Å². The SMILES string of the molecule is CC1(C)c2cc(Cl)ccc2B2c3ccc(-c4ccc(-n5c6c(c7ccccc75)CCCC6)cc4)cc3N(c3ccccc3)c3cccc1c32. The number of benzene rings is 6. The Bertz CT molecular complexity index is 2440. The van der Waals surface area contributed by atoms with Crippen molar-refractivity contribution in [3.63, 3.8) is 0 Å². The van der Waals surface area contributed by atoms with Crippen LogP contribution in [0, 0.1) is 0 Å². The number of aromatic nitrogens is 1. The third-order valence-corrected chi connectivity index (χ3v) is 11.8. The van der Waals surface area contributed by atoms with Gasteiger partial charge in [0.15, 0.2) is 0 Å². The van der Waals surface area contributed by atoms with Gasteiger partial charge in [-0.3, -0.25) is 0 Å². The Morgan fingerprint density at radius 2 is 1.37 bits per heavy atom. The zero-order chi connectivity index (χ0) is 32.9. The molecule has 0 amide bonds. The van der Waals surface area contributed by atoms with Crippen molar-refractivity contribution in [3.05, 3.63) is 161 Å². The van der Waals surface area contributed by atoms with E-state index in [2.05, 4.69) is 157 Å². The van der Waals surface area contributed by atoms with Crippen LogP contribution in [0.2, 0.25) is 5.02 Å². The van der Waals surface area contributed by atoms with Crippen LogP contribution in [0.1, 0.15) is 49.1 Å². The molecule has 3 aliphatic rings. The van der Waals surface area contributed by atoms with Crippen LogP contribution in [0.5, 0.6) is 0 Å². The van der Waals surface area contributed by atoms with E-state index in [1.807, 2.05) is 0 Å². The van der Waals surface area contributed by atoms with E-state index in [4.69, 9.17) is 11.6 Å². The lowest BCUT2D eigenvalue weighted by molar-refractivity contribution is 0.646. The largest absolute Gasteiger partial charge is 0.313 e. The van der Waals surface area contributed by atoms with Crippen molar-refractivity contribution < 1.29 is 0 Å². The highest BCUT2D eigenvalue weighted by atomic mass is 35.5. The molecule has 0 saturated heterocycles. The van der Waals surface area contributed by atoms with Crippen LogP contribution in [-0.2, 0) is 18.3 Å². The van der Waals surface area contributed by atoms with Gasteiger partial charge in [-0.15, -0.1) is 0 Å². The fourth-order valence-electron chi connectivity index (χ4n) is 9.28. The number of anilines is 3. The summed E-state index contributed by atoms with van der Waals surface area (Å²) in [6.45, 7) is 4.82. The van der Waals surface area contributed by atoms with Crippen molar-refractivity contribution in [2.75, 3.05) is 4.90 Å². The topological polar surface area (TPSA) is 8.17 Å². The first-order valence-corrected chi connectivity index (χ1v) is 18.0. The van der Waals surface area contributed by atoms with Crippen LogP contribution in [0.25, 0.3) is 27.7 Å². The van der Waals surface area contributed by atoms with Gasteiger partial charge in [-0.25, -0.2) is 0 Å². The first-order chi connectivity index (χ1) is 24.0. The third-order valence-electron chi connectivity index (χ3n) is 11.5. The number of hydrogen-bond donors (Lipinski definition) is 0. The van der Waals surface area contributed by atoms with Gasteiger partial charge in [0.1, 0.15) is 0 Å². The molecule has 0 fully saturated rings. The highest BCUT2D eigenvalue weighted by molar-refractivity contribution is 6.99. The van der Waals surface area contributed by atoms with E-state index in [0.29, 0.717) is 0 Å². The Morgan fingerprint density at radius 3 is 2.22 bits per heavy atom. The lowest BCUT2D eigenvalue weighted by atomic mass is 9.30. The summed E-state index contributed by atoms with van der Waals surface area (Å²) >= 11 is 6.66. The molecule has 7 aromatic rings. The van der Waals surface area contributed by atoms with Gasteiger partial charge in [0.2, 0.25) is 6.71 Å². The van der Waals surface area contributed by atoms with Crippen molar-refractivity contribution in [1.82, 2.24) is 4.57 Å². The summed E-state index contributed by atoms with van der Waals surface area (Å²) in [5, 5.41) is 2.20. The minimum Gasteiger partial charge on any atom is -0.313 e. The fourth-order valence-corrected chi connectivity index (χ4v) is 9.45. The fraction of sp³-hybridized carbons (Fsp3) is 0.156. The van der Waals surface area contributed by atoms with Crippen LogP contribution >= 0.6 is 11.6 Å². The minimum absolute atomic E-state index is 0.131. The molecular formula is C45H36BClN2. The van der Waals surface area contributed by atoms with Gasteiger partial charge in [0.25, 0.3) is 0 Å². The summed E-state index contributed by atoms with van der Waals surface area (Å²) in [5.41, 5.74) is 18.3. The molecule has 0 spiro atoms. The third kappa shape index (κ3) is 4.22. The molecule has 6 aromatic carbocycles. The van der Waals surface area contributed by atoms with Crippen LogP contribution in [0.4, 0.5) is 17.1 Å². The first kappa shape index (κ1) is 29.0. The van der Waals surface area contributed by atoms with Crippen molar-refractivity contribution in [2.24, 2.45) is 0 Å². The smallest absolute Gasteiger partial charge is 0.247 e.